The summed E-state index contributed by atoms with van der Waals surface area (Å²) in [6, 6.07) is 0.647. The minimum Gasteiger partial charge on any atom is -0.359 e. The summed E-state index contributed by atoms with van der Waals surface area (Å²) in [5.74, 6) is 3.12. The molecule has 3 rings (SSSR count). The molecule has 96 valence electrons. The zero-order valence-electron chi connectivity index (χ0n) is 11.0. The van der Waals surface area contributed by atoms with Gasteiger partial charge < -0.3 is 5.32 Å². The molecule has 1 heterocycles. The molecule has 2 nitrogen and oxygen atoms in total. The predicted molar refractivity (Wildman–Crippen MR) is 75.6 cm³/mol. The van der Waals surface area contributed by atoms with Crippen molar-refractivity contribution in [2.24, 2.45) is 16.8 Å². The zero-order valence-corrected chi connectivity index (χ0v) is 11.9. The van der Waals surface area contributed by atoms with Crippen LogP contribution in [0.5, 0.6) is 0 Å². The Morgan fingerprint density at radius 1 is 1.29 bits per heavy atom. The molecule has 1 aliphatic heterocycles. The molecule has 1 saturated heterocycles. The van der Waals surface area contributed by atoms with Crippen LogP contribution in [0.4, 0.5) is 0 Å². The summed E-state index contributed by atoms with van der Waals surface area (Å²) in [6.07, 6.45) is 8.16. The Kier molecular flexibility index (Phi) is 3.14. The van der Waals surface area contributed by atoms with Crippen LogP contribution in [0.25, 0.3) is 0 Å². The van der Waals surface area contributed by atoms with Crippen molar-refractivity contribution in [2.75, 3.05) is 5.75 Å². The Balaban J connectivity index is 1.66. The average molecular weight is 252 g/mol. The molecule has 3 heteroatoms. The topological polar surface area (TPSA) is 24.4 Å². The van der Waals surface area contributed by atoms with E-state index in [4.69, 9.17) is 4.99 Å². The second-order valence-corrected chi connectivity index (χ2v) is 7.04. The number of nitrogens with one attached hydrogen (secondary N) is 1. The van der Waals surface area contributed by atoms with E-state index in [-0.39, 0.29) is 0 Å². The third kappa shape index (κ3) is 2.11. The molecule has 1 N–H and O–H groups in total. The van der Waals surface area contributed by atoms with Crippen LogP contribution < -0.4 is 5.32 Å². The normalized spacial score (nSPS) is 41.1. The lowest BCUT2D eigenvalue weighted by molar-refractivity contribution is 0.399. The van der Waals surface area contributed by atoms with Gasteiger partial charge in [-0.05, 0) is 43.9 Å². The zero-order chi connectivity index (χ0) is 11.9. The summed E-state index contributed by atoms with van der Waals surface area (Å²) >= 11 is 1.95. The second kappa shape index (κ2) is 4.49. The SMILES string of the molecule is CCC1(CC)CSC(=NC2CC3CCC2C3)N1. The fourth-order valence-corrected chi connectivity index (χ4v) is 5.12. The third-order valence-electron chi connectivity index (χ3n) is 5.19. The molecular weight excluding hydrogens is 228 g/mol. The number of hydrogen-bond acceptors (Lipinski definition) is 2. The summed E-state index contributed by atoms with van der Waals surface area (Å²) in [6.45, 7) is 4.58. The lowest BCUT2D eigenvalue weighted by Gasteiger charge is -2.26. The minimum absolute atomic E-state index is 0.334. The first-order chi connectivity index (χ1) is 8.24. The number of nitrogens with zero attached hydrogens (tertiary/aromatic N) is 1. The molecule has 0 aromatic rings. The van der Waals surface area contributed by atoms with Crippen molar-refractivity contribution < 1.29 is 0 Å². The van der Waals surface area contributed by atoms with Crippen LogP contribution >= 0.6 is 11.8 Å². The molecular formula is C14H24N2S. The Labute approximate surface area is 109 Å². The molecule has 3 atom stereocenters. The fourth-order valence-electron chi connectivity index (χ4n) is 3.73. The van der Waals surface area contributed by atoms with E-state index < -0.39 is 0 Å². The van der Waals surface area contributed by atoms with Gasteiger partial charge in [0.05, 0.1) is 6.04 Å². The Morgan fingerprint density at radius 2 is 2.12 bits per heavy atom. The molecule has 3 unspecified atom stereocenters. The second-order valence-electron chi connectivity index (χ2n) is 6.08. The quantitative estimate of drug-likeness (QED) is 0.832. The van der Waals surface area contributed by atoms with E-state index in [9.17, 15) is 0 Å². The van der Waals surface area contributed by atoms with E-state index in [2.05, 4.69) is 19.2 Å². The Morgan fingerprint density at radius 3 is 2.65 bits per heavy atom. The molecule has 3 aliphatic rings. The Hall–Kier alpha value is -0.180. The fraction of sp³-hybridized carbons (Fsp3) is 0.929. The van der Waals surface area contributed by atoms with Gasteiger partial charge in [0.15, 0.2) is 5.17 Å². The lowest BCUT2D eigenvalue weighted by Crippen LogP contribution is -2.42. The van der Waals surface area contributed by atoms with E-state index in [1.165, 1.54) is 49.4 Å². The molecule has 0 spiro atoms. The van der Waals surface area contributed by atoms with Crippen molar-refractivity contribution in [3.8, 4) is 0 Å². The van der Waals surface area contributed by atoms with Crippen LogP contribution in [-0.4, -0.2) is 22.5 Å². The first-order valence-electron chi connectivity index (χ1n) is 7.23. The first kappa shape index (κ1) is 11.9. The number of fused-ring (bicyclic) bond motifs is 2. The number of rotatable bonds is 3. The maximum absolute atomic E-state index is 5.02. The smallest absolute Gasteiger partial charge is 0.157 e. The number of amidine groups is 1. The van der Waals surface area contributed by atoms with E-state index in [1.54, 1.807) is 0 Å². The molecule has 17 heavy (non-hydrogen) atoms. The van der Waals surface area contributed by atoms with Crippen molar-refractivity contribution in [2.45, 2.75) is 64.0 Å². The van der Waals surface area contributed by atoms with Gasteiger partial charge in [0.2, 0.25) is 0 Å². The molecule has 3 fully saturated rings. The van der Waals surface area contributed by atoms with Gasteiger partial charge in [-0.2, -0.15) is 0 Å². The number of aliphatic imine (C=N–C) groups is 1. The van der Waals surface area contributed by atoms with Gasteiger partial charge in [0.25, 0.3) is 0 Å². The highest BCUT2D eigenvalue weighted by Crippen LogP contribution is 2.46. The van der Waals surface area contributed by atoms with Gasteiger partial charge >= 0.3 is 0 Å². The first-order valence-corrected chi connectivity index (χ1v) is 8.22. The molecule has 2 saturated carbocycles. The van der Waals surface area contributed by atoms with Crippen LogP contribution in [0.2, 0.25) is 0 Å². The van der Waals surface area contributed by atoms with Crippen LogP contribution in [0.1, 0.15) is 52.4 Å². The van der Waals surface area contributed by atoms with Gasteiger partial charge in [-0.3, -0.25) is 4.99 Å². The van der Waals surface area contributed by atoms with Gasteiger partial charge in [0.1, 0.15) is 0 Å². The lowest BCUT2D eigenvalue weighted by atomic mass is 9.95. The van der Waals surface area contributed by atoms with Crippen molar-refractivity contribution in [3.63, 3.8) is 0 Å². The van der Waals surface area contributed by atoms with E-state index in [0.29, 0.717) is 11.6 Å². The molecule has 0 amide bonds. The number of thioether (sulfide) groups is 1. The van der Waals surface area contributed by atoms with Crippen LogP contribution in [0.15, 0.2) is 4.99 Å². The van der Waals surface area contributed by atoms with Gasteiger partial charge in [-0.15, -0.1) is 0 Å². The minimum atomic E-state index is 0.334. The summed E-state index contributed by atoms with van der Waals surface area (Å²) in [4.78, 5) is 5.02. The van der Waals surface area contributed by atoms with Crippen LogP contribution in [0, 0.1) is 11.8 Å². The number of hydrogen-bond donors (Lipinski definition) is 1. The maximum Gasteiger partial charge on any atom is 0.157 e. The van der Waals surface area contributed by atoms with Gasteiger partial charge in [-0.25, -0.2) is 0 Å². The van der Waals surface area contributed by atoms with Gasteiger partial charge in [-0.1, -0.05) is 32.0 Å². The van der Waals surface area contributed by atoms with Crippen molar-refractivity contribution in [1.29, 1.82) is 0 Å². The van der Waals surface area contributed by atoms with E-state index in [0.717, 1.165) is 11.8 Å². The van der Waals surface area contributed by atoms with E-state index in [1.807, 2.05) is 11.8 Å². The predicted octanol–water partition coefficient (Wildman–Crippen LogP) is 3.43. The van der Waals surface area contributed by atoms with Gasteiger partial charge in [0, 0.05) is 11.3 Å². The van der Waals surface area contributed by atoms with Crippen LogP contribution in [0.3, 0.4) is 0 Å². The van der Waals surface area contributed by atoms with Crippen molar-refractivity contribution in [1.82, 2.24) is 5.32 Å². The van der Waals surface area contributed by atoms with Crippen LogP contribution in [-0.2, 0) is 0 Å². The third-order valence-corrected chi connectivity index (χ3v) is 6.37. The maximum atomic E-state index is 5.02. The van der Waals surface area contributed by atoms with Crippen molar-refractivity contribution in [3.05, 3.63) is 0 Å². The highest BCUT2D eigenvalue weighted by atomic mass is 32.2. The molecule has 2 aliphatic carbocycles. The monoisotopic (exact) mass is 252 g/mol. The molecule has 2 bridgehead atoms. The molecule has 0 aromatic carbocycles. The highest BCUT2D eigenvalue weighted by Gasteiger charge is 2.41. The average Bonchev–Trinajstić information content (AvgIpc) is 3.04. The highest BCUT2D eigenvalue weighted by molar-refractivity contribution is 8.14. The standard InChI is InChI=1S/C14H24N2S/c1-3-14(4-2)9-17-13(16-14)15-12-8-10-5-6-11(12)7-10/h10-12H,3-9H2,1-2H3,(H,15,16). The van der Waals surface area contributed by atoms with Crippen molar-refractivity contribution >= 4 is 16.9 Å². The largest absolute Gasteiger partial charge is 0.359 e. The summed E-state index contributed by atoms with van der Waals surface area (Å²) in [5.41, 5.74) is 0.334. The summed E-state index contributed by atoms with van der Waals surface area (Å²) < 4.78 is 0. The summed E-state index contributed by atoms with van der Waals surface area (Å²) in [5, 5.41) is 4.95. The molecule has 0 aromatic heterocycles. The molecule has 0 radical (unpaired) electrons. The summed E-state index contributed by atoms with van der Waals surface area (Å²) in [7, 11) is 0. The van der Waals surface area contributed by atoms with E-state index >= 15 is 0 Å². The Bertz CT molecular complexity index is 322.